The lowest BCUT2D eigenvalue weighted by molar-refractivity contribution is -0.141. The summed E-state index contributed by atoms with van der Waals surface area (Å²) in [6.07, 6.45) is -2.67. The van der Waals surface area contributed by atoms with Gasteiger partial charge in [0, 0.05) is 31.5 Å². The summed E-state index contributed by atoms with van der Waals surface area (Å²) < 4.78 is 46.9. The van der Waals surface area contributed by atoms with Crippen molar-refractivity contribution in [1.29, 1.82) is 0 Å². The van der Waals surface area contributed by atoms with Crippen LogP contribution in [0.15, 0.2) is 49.0 Å². The van der Waals surface area contributed by atoms with Crippen LogP contribution in [0.3, 0.4) is 0 Å². The first kappa shape index (κ1) is 19.0. The molecular weight excluding hydrogens is 385 g/mol. The molecule has 0 saturated carbocycles. The number of amides is 1. The molecule has 0 radical (unpaired) electrons. The molecule has 3 aromatic rings. The van der Waals surface area contributed by atoms with Crippen molar-refractivity contribution in [3.8, 4) is 17.0 Å². The van der Waals surface area contributed by atoms with Crippen molar-refractivity contribution in [2.24, 2.45) is 13.0 Å². The first-order valence-electron chi connectivity index (χ1n) is 8.85. The van der Waals surface area contributed by atoms with E-state index in [2.05, 4.69) is 21.9 Å². The monoisotopic (exact) mass is 402 g/mol. The molecule has 1 aliphatic rings. The van der Waals surface area contributed by atoms with E-state index in [-0.39, 0.29) is 23.9 Å². The van der Waals surface area contributed by atoms with Gasteiger partial charge in [-0.2, -0.15) is 13.2 Å². The second-order valence-corrected chi connectivity index (χ2v) is 6.88. The summed E-state index contributed by atoms with van der Waals surface area (Å²) in [5.41, 5.74) is 0.830. The lowest BCUT2D eigenvalue weighted by Crippen LogP contribution is -2.15. The number of aryl methyl sites for hydroxylation is 1. The molecule has 1 aliphatic heterocycles. The Bertz CT molecular complexity index is 1120. The molecular formula is C20H17F3N4O2. The molecule has 6 nitrogen and oxygen atoms in total. The second kappa shape index (κ2) is 6.91. The number of benzene rings is 1. The number of pyridine rings is 1. The van der Waals surface area contributed by atoms with E-state index in [1.54, 1.807) is 30.1 Å². The van der Waals surface area contributed by atoms with Crippen molar-refractivity contribution >= 4 is 16.9 Å². The number of imidazole rings is 1. The van der Waals surface area contributed by atoms with E-state index in [1.165, 1.54) is 12.1 Å². The number of nitrogens with zero attached hydrogens (tertiary/aromatic N) is 3. The van der Waals surface area contributed by atoms with Gasteiger partial charge in [-0.1, -0.05) is 12.6 Å². The van der Waals surface area contributed by atoms with Gasteiger partial charge in [0.25, 0.3) is 0 Å². The van der Waals surface area contributed by atoms with Gasteiger partial charge >= 0.3 is 6.18 Å². The molecule has 9 heteroatoms. The van der Waals surface area contributed by atoms with Crippen LogP contribution in [0.1, 0.15) is 12.1 Å². The molecule has 1 aromatic carbocycles. The van der Waals surface area contributed by atoms with Crippen LogP contribution >= 0.6 is 0 Å². The molecule has 1 saturated heterocycles. The van der Waals surface area contributed by atoms with E-state index in [1.807, 2.05) is 0 Å². The van der Waals surface area contributed by atoms with Crippen LogP contribution in [0.2, 0.25) is 0 Å². The zero-order chi connectivity index (χ0) is 20.8. The van der Waals surface area contributed by atoms with E-state index in [0.717, 1.165) is 6.07 Å². The van der Waals surface area contributed by atoms with Gasteiger partial charge in [-0.15, -0.1) is 0 Å². The fourth-order valence-corrected chi connectivity index (χ4v) is 3.29. The predicted molar refractivity (Wildman–Crippen MR) is 99.8 cm³/mol. The van der Waals surface area contributed by atoms with E-state index in [4.69, 9.17) is 4.74 Å². The zero-order valence-corrected chi connectivity index (χ0v) is 15.5. The SMILES string of the molecule is C=C(Oc1cc(-c2cccc(C(F)(F)F)n2)cc2ncn(C)c12)[C@H]1CNC(=O)C1. The van der Waals surface area contributed by atoms with Crippen molar-refractivity contribution in [1.82, 2.24) is 19.9 Å². The average molecular weight is 402 g/mol. The van der Waals surface area contributed by atoms with Gasteiger partial charge in [-0.25, -0.2) is 9.97 Å². The number of ether oxygens (including phenoxy) is 1. The molecule has 2 aromatic heterocycles. The Morgan fingerprint density at radius 3 is 2.83 bits per heavy atom. The number of carbonyl (C=O) groups is 1. The molecule has 1 amide bonds. The minimum atomic E-state index is -4.54. The van der Waals surface area contributed by atoms with Crippen molar-refractivity contribution in [2.75, 3.05) is 6.54 Å². The molecule has 4 rings (SSSR count). The summed E-state index contributed by atoms with van der Waals surface area (Å²) in [5.74, 6) is 0.537. The molecule has 0 bridgehead atoms. The molecule has 150 valence electrons. The van der Waals surface area contributed by atoms with Crippen LogP contribution in [0.5, 0.6) is 5.75 Å². The summed E-state index contributed by atoms with van der Waals surface area (Å²) in [7, 11) is 1.79. The minimum absolute atomic E-state index is 0.0765. The Balaban J connectivity index is 1.76. The number of carbonyl (C=O) groups excluding carboxylic acids is 1. The van der Waals surface area contributed by atoms with Crippen molar-refractivity contribution in [3.05, 3.63) is 54.7 Å². The number of alkyl halides is 3. The Kier molecular flexibility index (Phi) is 4.52. The van der Waals surface area contributed by atoms with Crippen LogP contribution < -0.4 is 10.1 Å². The first-order chi connectivity index (χ1) is 13.7. The third-order valence-electron chi connectivity index (χ3n) is 4.79. The van der Waals surface area contributed by atoms with Crippen molar-refractivity contribution in [3.63, 3.8) is 0 Å². The summed E-state index contributed by atoms with van der Waals surface area (Å²) in [4.78, 5) is 19.5. The van der Waals surface area contributed by atoms with E-state index in [0.29, 0.717) is 34.7 Å². The largest absolute Gasteiger partial charge is 0.460 e. The van der Waals surface area contributed by atoms with E-state index >= 15 is 0 Å². The minimum Gasteiger partial charge on any atom is -0.460 e. The third-order valence-corrected chi connectivity index (χ3v) is 4.79. The second-order valence-electron chi connectivity index (χ2n) is 6.88. The fourth-order valence-electron chi connectivity index (χ4n) is 3.29. The maximum absolute atomic E-state index is 13.0. The normalized spacial score (nSPS) is 16.8. The van der Waals surface area contributed by atoms with Crippen LogP contribution in [0.4, 0.5) is 13.2 Å². The number of aromatic nitrogens is 3. The highest BCUT2D eigenvalue weighted by atomic mass is 19.4. The summed E-state index contributed by atoms with van der Waals surface area (Å²) in [5, 5.41) is 2.72. The molecule has 0 unspecified atom stereocenters. The topological polar surface area (TPSA) is 69.0 Å². The smallest absolute Gasteiger partial charge is 0.433 e. The summed E-state index contributed by atoms with van der Waals surface area (Å²) in [6, 6.07) is 7.00. The van der Waals surface area contributed by atoms with Gasteiger partial charge in [0.1, 0.15) is 17.0 Å². The van der Waals surface area contributed by atoms with E-state index in [9.17, 15) is 18.0 Å². The van der Waals surface area contributed by atoms with E-state index < -0.39 is 11.9 Å². The van der Waals surface area contributed by atoms with Crippen molar-refractivity contribution in [2.45, 2.75) is 12.6 Å². The Morgan fingerprint density at radius 2 is 2.14 bits per heavy atom. The molecule has 1 fully saturated rings. The zero-order valence-electron chi connectivity index (χ0n) is 15.5. The number of hydrogen-bond acceptors (Lipinski definition) is 4. The molecule has 3 heterocycles. The average Bonchev–Trinajstić information content (AvgIpc) is 3.27. The molecule has 1 N–H and O–H groups in total. The third kappa shape index (κ3) is 3.67. The number of rotatable bonds is 4. The Hall–Kier alpha value is -3.36. The predicted octanol–water partition coefficient (Wildman–Crippen LogP) is 3.68. The summed E-state index contributed by atoms with van der Waals surface area (Å²) in [6.45, 7) is 4.36. The van der Waals surface area contributed by atoms with Gasteiger partial charge in [0.2, 0.25) is 5.91 Å². The highest BCUT2D eigenvalue weighted by Crippen LogP contribution is 2.35. The maximum atomic E-state index is 13.0. The first-order valence-corrected chi connectivity index (χ1v) is 8.85. The van der Waals surface area contributed by atoms with Crippen LogP contribution in [-0.4, -0.2) is 27.0 Å². The molecule has 29 heavy (non-hydrogen) atoms. The lowest BCUT2D eigenvalue weighted by Gasteiger charge is -2.16. The summed E-state index contributed by atoms with van der Waals surface area (Å²) >= 11 is 0. The van der Waals surface area contributed by atoms with Crippen LogP contribution in [-0.2, 0) is 18.0 Å². The quantitative estimate of drug-likeness (QED) is 0.676. The highest BCUT2D eigenvalue weighted by molar-refractivity contribution is 5.87. The molecule has 1 atom stereocenters. The highest BCUT2D eigenvalue weighted by Gasteiger charge is 2.32. The van der Waals surface area contributed by atoms with Gasteiger partial charge in [0.05, 0.1) is 17.5 Å². The van der Waals surface area contributed by atoms with Gasteiger partial charge in [0.15, 0.2) is 5.75 Å². The Morgan fingerprint density at radius 1 is 1.34 bits per heavy atom. The Labute approximate surface area is 164 Å². The van der Waals surface area contributed by atoms with Gasteiger partial charge in [-0.05, 0) is 24.3 Å². The number of nitrogens with one attached hydrogen (secondary N) is 1. The standard InChI is InChI=1S/C20H17F3N4O2/c1-11(13-8-18(28)24-9-13)29-16-7-12(6-15-19(16)27(2)10-25-15)14-4-3-5-17(26-14)20(21,22)23/h3-7,10,13H,1,8-9H2,2H3,(H,24,28)/t13-/m1/s1. The van der Waals surface area contributed by atoms with Crippen LogP contribution in [0.25, 0.3) is 22.3 Å². The number of fused-ring (bicyclic) bond motifs is 1. The number of halogens is 3. The molecule has 0 spiro atoms. The van der Waals surface area contributed by atoms with Gasteiger partial charge < -0.3 is 14.6 Å². The fraction of sp³-hybridized carbons (Fsp3) is 0.250. The molecule has 0 aliphatic carbocycles. The number of hydrogen-bond donors (Lipinski definition) is 1. The van der Waals surface area contributed by atoms with Gasteiger partial charge in [-0.3, -0.25) is 4.79 Å². The lowest BCUT2D eigenvalue weighted by atomic mass is 10.1. The van der Waals surface area contributed by atoms with Crippen molar-refractivity contribution < 1.29 is 22.7 Å². The maximum Gasteiger partial charge on any atom is 0.433 e. The van der Waals surface area contributed by atoms with Crippen LogP contribution in [0, 0.1) is 5.92 Å².